The lowest BCUT2D eigenvalue weighted by Crippen LogP contribution is -2.15. The molecule has 1 aromatic heterocycles. The third kappa shape index (κ3) is 2.79. The molecule has 0 aliphatic carbocycles. The molecule has 0 atom stereocenters. The lowest BCUT2D eigenvalue weighted by atomic mass is 10.1. The standard InChI is InChI=1S/C15H17N3/c1-17(2)12-15-8-5-9-18(15)11-14-7-4-3-6-13(14)10-16/h3-9H,11-12H2,1-2H3. The van der Waals surface area contributed by atoms with Gasteiger partial charge in [-0.05, 0) is 37.9 Å². The van der Waals surface area contributed by atoms with Crippen LogP contribution in [-0.2, 0) is 13.1 Å². The predicted octanol–water partition coefficient (Wildman–Crippen LogP) is 2.47. The van der Waals surface area contributed by atoms with Crippen LogP contribution in [-0.4, -0.2) is 23.6 Å². The number of hydrogen-bond acceptors (Lipinski definition) is 2. The second-order valence-corrected chi connectivity index (χ2v) is 4.63. The monoisotopic (exact) mass is 239 g/mol. The zero-order valence-corrected chi connectivity index (χ0v) is 10.8. The van der Waals surface area contributed by atoms with Gasteiger partial charge in [-0.1, -0.05) is 18.2 Å². The van der Waals surface area contributed by atoms with Crippen molar-refractivity contribution in [3.8, 4) is 6.07 Å². The minimum absolute atomic E-state index is 0.750. The van der Waals surface area contributed by atoms with E-state index in [1.54, 1.807) is 0 Å². The summed E-state index contributed by atoms with van der Waals surface area (Å²) in [6.07, 6.45) is 2.06. The highest BCUT2D eigenvalue weighted by molar-refractivity contribution is 5.37. The Morgan fingerprint density at radius 1 is 1.17 bits per heavy atom. The number of benzene rings is 1. The van der Waals surface area contributed by atoms with Crippen LogP contribution in [0.1, 0.15) is 16.8 Å². The van der Waals surface area contributed by atoms with Gasteiger partial charge in [0, 0.05) is 25.0 Å². The minimum atomic E-state index is 0.750. The quantitative estimate of drug-likeness (QED) is 0.821. The van der Waals surface area contributed by atoms with E-state index in [9.17, 15) is 0 Å². The van der Waals surface area contributed by atoms with Crippen LogP contribution in [0, 0.1) is 11.3 Å². The first kappa shape index (κ1) is 12.4. The van der Waals surface area contributed by atoms with Gasteiger partial charge in [0.2, 0.25) is 0 Å². The number of nitrogens with zero attached hydrogens (tertiary/aromatic N) is 3. The summed E-state index contributed by atoms with van der Waals surface area (Å²) in [7, 11) is 4.11. The highest BCUT2D eigenvalue weighted by Crippen LogP contribution is 2.12. The predicted molar refractivity (Wildman–Crippen MR) is 72.1 cm³/mol. The molecule has 1 heterocycles. The number of aromatic nitrogens is 1. The Hall–Kier alpha value is -2.05. The van der Waals surface area contributed by atoms with Gasteiger partial charge in [0.15, 0.2) is 0 Å². The lowest BCUT2D eigenvalue weighted by molar-refractivity contribution is 0.389. The fourth-order valence-electron chi connectivity index (χ4n) is 2.02. The average molecular weight is 239 g/mol. The Bertz CT molecular complexity index is 561. The molecule has 0 radical (unpaired) electrons. The summed E-state index contributed by atoms with van der Waals surface area (Å²) < 4.78 is 2.19. The molecule has 0 aliphatic heterocycles. The Morgan fingerprint density at radius 2 is 1.94 bits per heavy atom. The molecule has 0 amide bonds. The van der Waals surface area contributed by atoms with Crippen molar-refractivity contribution in [1.29, 1.82) is 5.26 Å². The van der Waals surface area contributed by atoms with E-state index < -0.39 is 0 Å². The van der Waals surface area contributed by atoms with Crippen molar-refractivity contribution in [2.75, 3.05) is 14.1 Å². The number of rotatable bonds is 4. The molecule has 2 aromatic rings. The summed E-state index contributed by atoms with van der Waals surface area (Å²) in [6, 6.07) is 14.2. The summed E-state index contributed by atoms with van der Waals surface area (Å²) in [5.41, 5.74) is 3.07. The molecule has 92 valence electrons. The average Bonchev–Trinajstić information content (AvgIpc) is 2.76. The Labute approximate surface area is 108 Å². The first-order valence-electron chi connectivity index (χ1n) is 5.97. The van der Waals surface area contributed by atoms with Crippen molar-refractivity contribution < 1.29 is 0 Å². The molecule has 0 fully saturated rings. The molecule has 0 unspecified atom stereocenters. The normalized spacial score (nSPS) is 10.6. The van der Waals surface area contributed by atoms with Gasteiger partial charge >= 0.3 is 0 Å². The lowest BCUT2D eigenvalue weighted by Gasteiger charge is -2.14. The van der Waals surface area contributed by atoms with Crippen molar-refractivity contribution >= 4 is 0 Å². The highest BCUT2D eigenvalue weighted by atomic mass is 15.1. The second-order valence-electron chi connectivity index (χ2n) is 4.63. The summed E-state index contributed by atoms with van der Waals surface area (Å²) in [5, 5.41) is 9.09. The zero-order chi connectivity index (χ0) is 13.0. The van der Waals surface area contributed by atoms with Gasteiger partial charge < -0.3 is 9.47 Å². The third-order valence-corrected chi connectivity index (χ3v) is 2.88. The van der Waals surface area contributed by atoms with Crippen LogP contribution < -0.4 is 0 Å². The summed E-state index contributed by atoms with van der Waals surface area (Å²) in [5.74, 6) is 0. The highest BCUT2D eigenvalue weighted by Gasteiger charge is 2.05. The fourth-order valence-corrected chi connectivity index (χ4v) is 2.02. The summed E-state index contributed by atoms with van der Waals surface area (Å²) >= 11 is 0. The van der Waals surface area contributed by atoms with Crippen LogP contribution in [0.5, 0.6) is 0 Å². The number of hydrogen-bond donors (Lipinski definition) is 0. The molecule has 0 saturated heterocycles. The van der Waals surface area contributed by atoms with Crippen LogP contribution in [0.4, 0.5) is 0 Å². The van der Waals surface area contributed by atoms with E-state index in [-0.39, 0.29) is 0 Å². The molecular formula is C15H17N3. The molecule has 0 spiro atoms. The van der Waals surface area contributed by atoms with E-state index in [4.69, 9.17) is 5.26 Å². The maximum absolute atomic E-state index is 9.09. The number of nitriles is 1. The second kappa shape index (κ2) is 5.52. The van der Waals surface area contributed by atoms with E-state index in [0.29, 0.717) is 0 Å². The van der Waals surface area contributed by atoms with Crippen molar-refractivity contribution in [2.45, 2.75) is 13.1 Å². The van der Waals surface area contributed by atoms with Crippen LogP contribution in [0.15, 0.2) is 42.6 Å². The smallest absolute Gasteiger partial charge is 0.0995 e. The molecule has 0 saturated carbocycles. The van der Waals surface area contributed by atoms with Crippen LogP contribution in [0.25, 0.3) is 0 Å². The maximum atomic E-state index is 9.09. The molecule has 0 aliphatic rings. The van der Waals surface area contributed by atoms with Gasteiger partial charge in [-0.25, -0.2) is 0 Å². The molecule has 0 N–H and O–H groups in total. The van der Waals surface area contributed by atoms with Gasteiger partial charge in [0.25, 0.3) is 0 Å². The van der Waals surface area contributed by atoms with Crippen molar-refractivity contribution in [1.82, 2.24) is 9.47 Å². The van der Waals surface area contributed by atoms with Crippen molar-refractivity contribution in [3.05, 3.63) is 59.4 Å². The van der Waals surface area contributed by atoms with Gasteiger partial charge in [-0.15, -0.1) is 0 Å². The molecule has 18 heavy (non-hydrogen) atoms. The van der Waals surface area contributed by atoms with Crippen molar-refractivity contribution in [3.63, 3.8) is 0 Å². The van der Waals surface area contributed by atoms with Gasteiger partial charge in [0.1, 0.15) is 0 Å². The first-order valence-corrected chi connectivity index (χ1v) is 5.97. The topological polar surface area (TPSA) is 32.0 Å². The van der Waals surface area contributed by atoms with Crippen LogP contribution >= 0.6 is 0 Å². The van der Waals surface area contributed by atoms with E-state index in [1.165, 1.54) is 5.69 Å². The van der Waals surface area contributed by atoms with Crippen molar-refractivity contribution in [2.24, 2.45) is 0 Å². The molecule has 1 aromatic carbocycles. The van der Waals surface area contributed by atoms with E-state index in [0.717, 1.165) is 24.2 Å². The maximum Gasteiger partial charge on any atom is 0.0995 e. The Morgan fingerprint density at radius 3 is 2.67 bits per heavy atom. The van der Waals surface area contributed by atoms with Gasteiger partial charge in [-0.2, -0.15) is 5.26 Å². The van der Waals surface area contributed by atoms with E-state index >= 15 is 0 Å². The summed E-state index contributed by atoms with van der Waals surface area (Å²) in [6.45, 7) is 1.65. The Balaban J connectivity index is 2.24. The van der Waals surface area contributed by atoms with Gasteiger partial charge in [0.05, 0.1) is 11.6 Å². The largest absolute Gasteiger partial charge is 0.346 e. The molecule has 3 heteroatoms. The fraction of sp³-hybridized carbons (Fsp3) is 0.267. The van der Waals surface area contributed by atoms with E-state index in [1.807, 2.05) is 30.3 Å². The molecular weight excluding hydrogens is 222 g/mol. The van der Waals surface area contributed by atoms with E-state index in [2.05, 4.69) is 41.9 Å². The zero-order valence-electron chi connectivity index (χ0n) is 10.8. The van der Waals surface area contributed by atoms with Crippen LogP contribution in [0.2, 0.25) is 0 Å². The molecule has 0 bridgehead atoms. The van der Waals surface area contributed by atoms with Crippen LogP contribution in [0.3, 0.4) is 0 Å². The Kier molecular flexibility index (Phi) is 3.81. The minimum Gasteiger partial charge on any atom is -0.346 e. The third-order valence-electron chi connectivity index (χ3n) is 2.88. The first-order chi connectivity index (χ1) is 8.70. The molecule has 2 rings (SSSR count). The van der Waals surface area contributed by atoms with Gasteiger partial charge in [-0.3, -0.25) is 0 Å². The summed E-state index contributed by atoms with van der Waals surface area (Å²) in [4.78, 5) is 2.14. The SMILES string of the molecule is CN(C)Cc1cccn1Cc1ccccc1C#N. The molecule has 3 nitrogen and oxygen atoms in total.